The standard InChI is InChI=1S/C16H30N3P/c1-15(2,3)20(16(4,5)6)19-12-11-17-13-14-9-7-8-10-18-14/h7-10,17,19H,11-13H2,1-6H3. The fourth-order valence-electron chi connectivity index (χ4n) is 2.46. The van der Waals surface area contributed by atoms with E-state index in [1.807, 2.05) is 18.3 Å². The van der Waals surface area contributed by atoms with Gasteiger partial charge in [-0.3, -0.25) is 10.1 Å². The monoisotopic (exact) mass is 295 g/mol. The number of hydrogen-bond acceptors (Lipinski definition) is 3. The van der Waals surface area contributed by atoms with Gasteiger partial charge in [-0.15, -0.1) is 0 Å². The second kappa shape index (κ2) is 7.49. The lowest BCUT2D eigenvalue weighted by Gasteiger charge is -2.41. The van der Waals surface area contributed by atoms with Gasteiger partial charge in [0.2, 0.25) is 0 Å². The van der Waals surface area contributed by atoms with E-state index in [2.05, 4.69) is 63.0 Å². The minimum Gasteiger partial charge on any atom is -0.310 e. The van der Waals surface area contributed by atoms with Crippen LogP contribution in [0.1, 0.15) is 47.2 Å². The molecule has 2 N–H and O–H groups in total. The summed E-state index contributed by atoms with van der Waals surface area (Å²) < 4.78 is 0. The Hall–Kier alpha value is -0.500. The minimum atomic E-state index is -0.219. The molecule has 0 unspecified atom stereocenters. The fourth-order valence-corrected chi connectivity index (χ4v) is 5.75. The van der Waals surface area contributed by atoms with Crippen LogP contribution in [-0.4, -0.2) is 28.4 Å². The van der Waals surface area contributed by atoms with Crippen LogP contribution in [0.2, 0.25) is 0 Å². The molecule has 0 saturated heterocycles. The first-order chi connectivity index (χ1) is 9.21. The molecule has 0 aromatic carbocycles. The van der Waals surface area contributed by atoms with Crippen molar-refractivity contribution in [2.45, 2.75) is 58.4 Å². The van der Waals surface area contributed by atoms with Gasteiger partial charge in [-0.1, -0.05) is 47.6 Å². The third-order valence-electron chi connectivity index (χ3n) is 2.95. The molecule has 20 heavy (non-hydrogen) atoms. The van der Waals surface area contributed by atoms with Crippen molar-refractivity contribution >= 4 is 8.07 Å². The maximum Gasteiger partial charge on any atom is 0.0541 e. The normalized spacial score (nSPS) is 12.9. The molecule has 1 aromatic heterocycles. The third-order valence-corrected chi connectivity index (χ3v) is 6.17. The van der Waals surface area contributed by atoms with Gasteiger partial charge in [0.05, 0.1) is 5.69 Å². The van der Waals surface area contributed by atoms with Gasteiger partial charge in [0.15, 0.2) is 0 Å². The molecule has 1 aromatic rings. The van der Waals surface area contributed by atoms with Gasteiger partial charge in [-0.25, -0.2) is 0 Å². The van der Waals surface area contributed by atoms with E-state index in [9.17, 15) is 0 Å². The molecule has 0 radical (unpaired) electrons. The zero-order valence-electron chi connectivity index (χ0n) is 13.8. The van der Waals surface area contributed by atoms with E-state index in [1.165, 1.54) is 0 Å². The summed E-state index contributed by atoms with van der Waals surface area (Å²) in [6.45, 7) is 16.8. The molecule has 1 heterocycles. The summed E-state index contributed by atoms with van der Waals surface area (Å²) in [7, 11) is -0.219. The Bertz CT molecular complexity index is 365. The van der Waals surface area contributed by atoms with E-state index in [0.717, 1.165) is 25.3 Å². The first-order valence-electron chi connectivity index (χ1n) is 7.36. The predicted octanol–water partition coefficient (Wildman–Crippen LogP) is 3.75. The zero-order valence-corrected chi connectivity index (χ0v) is 14.7. The fraction of sp³-hybridized carbons (Fsp3) is 0.688. The highest BCUT2D eigenvalue weighted by Gasteiger charge is 2.33. The van der Waals surface area contributed by atoms with Crippen molar-refractivity contribution in [3.8, 4) is 0 Å². The first-order valence-corrected chi connectivity index (χ1v) is 8.70. The second-order valence-electron chi connectivity index (χ2n) is 7.08. The summed E-state index contributed by atoms with van der Waals surface area (Å²) in [4.78, 5) is 4.31. The lowest BCUT2D eigenvalue weighted by Crippen LogP contribution is -2.35. The van der Waals surface area contributed by atoms with Crippen LogP contribution < -0.4 is 10.4 Å². The van der Waals surface area contributed by atoms with Crippen LogP contribution in [0.4, 0.5) is 0 Å². The van der Waals surface area contributed by atoms with Gasteiger partial charge >= 0.3 is 0 Å². The maximum absolute atomic E-state index is 4.31. The van der Waals surface area contributed by atoms with Gasteiger partial charge in [0.25, 0.3) is 0 Å². The number of nitrogens with one attached hydrogen (secondary N) is 2. The first kappa shape index (κ1) is 17.6. The lowest BCUT2D eigenvalue weighted by molar-refractivity contribution is 0.642. The molecule has 0 aliphatic rings. The van der Waals surface area contributed by atoms with Crippen LogP contribution in [-0.2, 0) is 6.54 Å². The number of rotatable bonds is 6. The van der Waals surface area contributed by atoms with E-state index in [0.29, 0.717) is 10.3 Å². The molecule has 0 atom stereocenters. The van der Waals surface area contributed by atoms with E-state index >= 15 is 0 Å². The Kier molecular flexibility index (Phi) is 6.57. The number of nitrogens with zero attached hydrogens (tertiary/aromatic N) is 1. The molecule has 0 aliphatic heterocycles. The number of pyridine rings is 1. The Morgan fingerprint density at radius 3 is 2.15 bits per heavy atom. The summed E-state index contributed by atoms with van der Waals surface area (Å²) >= 11 is 0. The topological polar surface area (TPSA) is 37.0 Å². The summed E-state index contributed by atoms with van der Waals surface area (Å²) in [5.74, 6) is 0. The Balaban J connectivity index is 2.32. The van der Waals surface area contributed by atoms with Crippen molar-refractivity contribution in [2.24, 2.45) is 0 Å². The quantitative estimate of drug-likeness (QED) is 0.620. The van der Waals surface area contributed by atoms with Gasteiger partial charge in [-0.2, -0.15) is 0 Å². The highest BCUT2D eigenvalue weighted by atomic mass is 31.1. The Morgan fingerprint density at radius 1 is 1.00 bits per heavy atom. The van der Waals surface area contributed by atoms with Crippen molar-refractivity contribution < 1.29 is 0 Å². The van der Waals surface area contributed by atoms with Crippen LogP contribution in [0.25, 0.3) is 0 Å². The SMILES string of the molecule is CC(C)(C)P(NCCNCc1ccccn1)C(C)(C)C. The van der Waals surface area contributed by atoms with Gasteiger partial charge in [0.1, 0.15) is 0 Å². The summed E-state index contributed by atoms with van der Waals surface area (Å²) in [5, 5.41) is 7.87. The average Bonchev–Trinajstić information content (AvgIpc) is 2.31. The molecule has 0 fully saturated rings. The smallest absolute Gasteiger partial charge is 0.0541 e. The molecule has 0 saturated carbocycles. The molecule has 4 heteroatoms. The molecule has 1 rings (SSSR count). The molecule has 3 nitrogen and oxygen atoms in total. The third kappa shape index (κ3) is 6.30. The van der Waals surface area contributed by atoms with Gasteiger partial charge < -0.3 is 5.32 Å². The Morgan fingerprint density at radius 2 is 1.65 bits per heavy atom. The highest BCUT2D eigenvalue weighted by Crippen LogP contribution is 2.55. The van der Waals surface area contributed by atoms with Crippen LogP contribution >= 0.6 is 8.07 Å². The Labute approximate surface area is 125 Å². The van der Waals surface area contributed by atoms with E-state index in [-0.39, 0.29) is 8.07 Å². The van der Waals surface area contributed by atoms with E-state index < -0.39 is 0 Å². The lowest BCUT2D eigenvalue weighted by atomic mass is 10.2. The van der Waals surface area contributed by atoms with Crippen molar-refractivity contribution in [1.29, 1.82) is 0 Å². The molecule has 0 spiro atoms. The minimum absolute atomic E-state index is 0.219. The maximum atomic E-state index is 4.31. The van der Waals surface area contributed by atoms with Crippen LogP contribution in [0, 0.1) is 0 Å². The van der Waals surface area contributed by atoms with Crippen LogP contribution in [0.5, 0.6) is 0 Å². The molecule has 114 valence electrons. The van der Waals surface area contributed by atoms with Crippen LogP contribution in [0.3, 0.4) is 0 Å². The van der Waals surface area contributed by atoms with Gasteiger partial charge in [0, 0.05) is 25.8 Å². The molecular formula is C16H30N3P. The molecule has 0 aliphatic carbocycles. The summed E-state index contributed by atoms with van der Waals surface area (Å²) in [6.07, 6.45) is 1.84. The second-order valence-corrected chi connectivity index (χ2v) is 10.8. The largest absolute Gasteiger partial charge is 0.310 e. The molecule has 0 amide bonds. The number of hydrogen-bond donors (Lipinski definition) is 2. The zero-order chi connectivity index (χ0) is 15.2. The summed E-state index contributed by atoms with van der Waals surface area (Å²) in [6, 6.07) is 6.03. The molecule has 0 bridgehead atoms. The summed E-state index contributed by atoms with van der Waals surface area (Å²) in [5.41, 5.74) is 1.10. The van der Waals surface area contributed by atoms with Crippen molar-refractivity contribution in [3.05, 3.63) is 30.1 Å². The van der Waals surface area contributed by atoms with E-state index in [4.69, 9.17) is 0 Å². The van der Waals surface area contributed by atoms with E-state index in [1.54, 1.807) is 0 Å². The van der Waals surface area contributed by atoms with Crippen LogP contribution in [0.15, 0.2) is 24.4 Å². The predicted molar refractivity (Wildman–Crippen MR) is 90.4 cm³/mol. The van der Waals surface area contributed by atoms with Crippen molar-refractivity contribution in [2.75, 3.05) is 13.1 Å². The average molecular weight is 295 g/mol. The molecular weight excluding hydrogens is 265 g/mol. The number of aromatic nitrogens is 1. The van der Waals surface area contributed by atoms with Crippen molar-refractivity contribution in [3.63, 3.8) is 0 Å². The van der Waals surface area contributed by atoms with Gasteiger partial charge in [-0.05, 0) is 30.5 Å². The van der Waals surface area contributed by atoms with Crippen molar-refractivity contribution in [1.82, 2.24) is 15.4 Å². The highest BCUT2D eigenvalue weighted by molar-refractivity contribution is 7.58.